The van der Waals surface area contributed by atoms with E-state index in [2.05, 4.69) is 5.10 Å². The molecule has 0 bridgehead atoms. The largest absolute Gasteiger partial charge is 0.486 e. The van der Waals surface area contributed by atoms with Crippen molar-refractivity contribution in [2.45, 2.75) is 20.0 Å². The van der Waals surface area contributed by atoms with E-state index >= 15 is 0 Å². The first-order valence-corrected chi connectivity index (χ1v) is 6.68. The number of rotatable bonds is 5. The Kier molecular flexibility index (Phi) is 4.29. The molecule has 0 spiro atoms. The maximum absolute atomic E-state index is 7.53. The maximum atomic E-state index is 7.53. The number of nitrogens with two attached hydrogens (primary N) is 1. The Hall–Kier alpha value is -2.01. The highest BCUT2D eigenvalue weighted by Crippen LogP contribution is 2.24. The van der Waals surface area contributed by atoms with Crippen LogP contribution in [0.15, 0.2) is 24.3 Å². The molecule has 0 aliphatic carbocycles. The van der Waals surface area contributed by atoms with Gasteiger partial charge in [-0.1, -0.05) is 30.7 Å². The molecule has 3 N–H and O–H groups in total. The second-order valence-electron chi connectivity index (χ2n) is 4.38. The van der Waals surface area contributed by atoms with Crippen LogP contribution >= 0.6 is 11.6 Å². The van der Waals surface area contributed by atoms with Crippen molar-refractivity contribution < 1.29 is 4.74 Å². The quantitative estimate of drug-likeness (QED) is 0.656. The summed E-state index contributed by atoms with van der Waals surface area (Å²) in [5.74, 6) is 0.543. The smallest absolute Gasteiger partial charge is 0.131 e. The molecule has 20 heavy (non-hydrogen) atoms. The number of nitrogen functional groups attached to an aromatic ring is 1. The zero-order valence-corrected chi connectivity index (χ0v) is 12.2. The van der Waals surface area contributed by atoms with Gasteiger partial charge in [0.15, 0.2) is 0 Å². The Morgan fingerprint density at radius 2 is 2.15 bits per heavy atom. The van der Waals surface area contributed by atoms with E-state index < -0.39 is 0 Å². The second-order valence-corrected chi connectivity index (χ2v) is 4.76. The molecule has 0 fully saturated rings. The van der Waals surface area contributed by atoms with Gasteiger partial charge in [-0.15, -0.1) is 0 Å². The van der Waals surface area contributed by atoms with Crippen LogP contribution in [0.4, 0.5) is 0 Å². The minimum Gasteiger partial charge on any atom is -0.486 e. The van der Waals surface area contributed by atoms with Gasteiger partial charge in [0, 0.05) is 7.05 Å². The average molecular weight is 293 g/mol. The first kappa shape index (κ1) is 14.4. The number of aromatic nitrogens is 2. The summed E-state index contributed by atoms with van der Waals surface area (Å²) < 4.78 is 7.46. The van der Waals surface area contributed by atoms with E-state index in [0.717, 1.165) is 17.8 Å². The van der Waals surface area contributed by atoms with E-state index in [9.17, 15) is 0 Å². The molecule has 0 unspecified atom stereocenters. The number of benzene rings is 1. The number of hydrogen-bond acceptors (Lipinski definition) is 3. The van der Waals surface area contributed by atoms with Crippen LogP contribution in [-0.4, -0.2) is 15.6 Å². The molecule has 106 valence electrons. The fraction of sp³-hybridized carbons (Fsp3) is 0.286. The molecular weight excluding hydrogens is 276 g/mol. The van der Waals surface area contributed by atoms with Gasteiger partial charge in [-0.2, -0.15) is 5.10 Å². The van der Waals surface area contributed by atoms with Gasteiger partial charge in [0.05, 0.1) is 22.0 Å². The number of amidine groups is 1. The Morgan fingerprint density at radius 3 is 2.75 bits per heavy atom. The summed E-state index contributed by atoms with van der Waals surface area (Å²) in [5, 5.41) is 12.5. The second kappa shape index (κ2) is 5.96. The van der Waals surface area contributed by atoms with Gasteiger partial charge in [0.25, 0.3) is 0 Å². The van der Waals surface area contributed by atoms with E-state index in [1.54, 1.807) is 16.8 Å². The molecule has 2 aromatic rings. The fourth-order valence-corrected chi connectivity index (χ4v) is 2.29. The molecule has 1 aromatic heterocycles. The van der Waals surface area contributed by atoms with Crippen molar-refractivity contribution in [1.29, 1.82) is 5.41 Å². The first-order chi connectivity index (χ1) is 9.54. The normalized spacial score (nSPS) is 10.6. The minimum atomic E-state index is -0.0223. The molecule has 0 radical (unpaired) electrons. The van der Waals surface area contributed by atoms with Crippen LogP contribution in [-0.2, 0) is 20.1 Å². The highest BCUT2D eigenvalue weighted by molar-refractivity contribution is 6.31. The van der Waals surface area contributed by atoms with Gasteiger partial charge in [-0.05, 0) is 18.6 Å². The topological polar surface area (TPSA) is 76.9 Å². The third-order valence-electron chi connectivity index (χ3n) is 3.04. The van der Waals surface area contributed by atoms with E-state index in [1.165, 1.54) is 0 Å². The molecule has 2 rings (SSSR count). The zero-order valence-electron chi connectivity index (χ0n) is 11.5. The van der Waals surface area contributed by atoms with Gasteiger partial charge in [0.1, 0.15) is 18.2 Å². The summed E-state index contributed by atoms with van der Waals surface area (Å²) in [6, 6.07) is 7.18. The molecule has 5 nitrogen and oxygen atoms in total. The van der Waals surface area contributed by atoms with Crippen LogP contribution in [0.25, 0.3) is 0 Å². The van der Waals surface area contributed by atoms with Crippen LogP contribution in [0.2, 0.25) is 5.02 Å². The minimum absolute atomic E-state index is 0.0223. The predicted molar refractivity (Wildman–Crippen MR) is 79.4 cm³/mol. The molecule has 0 aliphatic rings. The Morgan fingerprint density at radius 1 is 1.45 bits per heavy atom. The van der Waals surface area contributed by atoms with E-state index in [1.807, 2.05) is 26.1 Å². The van der Waals surface area contributed by atoms with Crippen molar-refractivity contribution in [1.82, 2.24) is 9.78 Å². The van der Waals surface area contributed by atoms with Crippen molar-refractivity contribution in [3.05, 3.63) is 46.2 Å². The fourth-order valence-electron chi connectivity index (χ4n) is 1.94. The number of ether oxygens (including phenoxy) is 1. The maximum Gasteiger partial charge on any atom is 0.131 e. The molecule has 0 saturated heterocycles. The summed E-state index contributed by atoms with van der Waals surface area (Å²) in [5.41, 5.74) is 7.76. The van der Waals surface area contributed by atoms with Gasteiger partial charge >= 0.3 is 0 Å². The standard InChI is InChI=1S/C14H17ClN4O/c1-3-10-13(15)11(19(2)18-10)8-20-12-7-5-4-6-9(12)14(16)17/h4-7H,3,8H2,1-2H3,(H3,16,17). The van der Waals surface area contributed by atoms with Crippen LogP contribution in [0.5, 0.6) is 5.75 Å². The van der Waals surface area contributed by atoms with Crippen molar-refractivity contribution in [3.63, 3.8) is 0 Å². The summed E-state index contributed by atoms with van der Waals surface area (Å²) in [7, 11) is 1.83. The monoisotopic (exact) mass is 292 g/mol. The highest BCUT2D eigenvalue weighted by atomic mass is 35.5. The Labute approximate surface area is 122 Å². The van der Waals surface area contributed by atoms with E-state index in [0.29, 0.717) is 16.3 Å². The van der Waals surface area contributed by atoms with E-state index in [4.69, 9.17) is 27.5 Å². The van der Waals surface area contributed by atoms with E-state index in [-0.39, 0.29) is 12.4 Å². The average Bonchev–Trinajstić information content (AvgIpc) is 2.71. The van der Waals surface area contributed by atoms with Gasteiger partial charge in [0.2, 0.25) is 0 Å². The summed E-state index contributed by atoms with van der Waals surface area (Å²) in [4.78, 5) is 0. The lowest BCUT2D eigenvalue weighted by atomic mass is 10.2. The predicted octanol–water partition coefficient (Wildman–Crippen LogP) is 2.50. The number of hydrogen-bond donors (Lipinski definition) is 2. The number of aryl methyl sites for hydroxylation is 2. The van der Waals surface area contributed by atoms with Crippen molar-refractivity contribution in [2.24, 2.45) is 12.8 Å². The van der Waals surface area contributed by atoms with Crippen LogP contribution in [0.3, 0.4) is 0 Å². The number of nitrogens with zero attached hydrogens (tertiary/aromatic N) is 2. The summed E-state index contributed by atoms with van der Waals surface area (Å²) >= 11 is 6.27. The molecule has 6 heteroatoms. The molecule has 1 heterocycles. The number of nitrogens with one attached hydrogen (secondary N) is 1. The molecule has 0 amide bonds. The molecule has 0 saturated carbocycles. The van der Waals surface area contributed by atoms with Crippen molar-refractivity contribution in [3.8, 4) is 5.75 Å². The summed E-state index contributed by atoms with van der Waals surface area (Å²) in [6.07, 6.45) is 0.775. The lowest BCUT2D eigenvalue weighted by molar-refractivity contribution is 0.294. The van der Waals surface area contributed by atoms with Crippen molar-refractivity contribution in [2.75, 3.05) is 0 Å². The lowest BCUT2D eigenvalue weighted by Crippen LogP contribution is -2.13. The molecule has 0 atom stereocenters. The molecule has 1 aromatic carbocycles. The number of para-hydroxylation sites is 1. The van der Waals surface area contributed by atoms with Gasteiger partial charge in [-0.3, -0.25) is 10.1 Å². The summed E-state index contributed by atoms with van der Waals surface area (Å²) in [6.45, 7) is 2.29. The number of halogens is 1. The molecular formula is C14H17ClN4O. The van der Waals surface area contributed by atoms with Crippen LogP contribution in [0, 0.1) is 5.41 Å². The lowest BCUT2D eigenvalue weighted by Gasteiger charge is -2.10. The SMILES string of the molecule is CCc1nn(C)c(COc2ccccc2C(=N)N)c1Cl. The third kappa shape index (κ3) is 2.77. The Balaban J connectivity index is 2.21. The van der Waals surface area contributed by atoms with Crippen LogP contribution < -0.4 is 10.5 Å². The highest BCUT2D eigenvalue weighted by Gasteiger charge is 2.14. The van der Waals surface area contributed by atoms with Gasteiger partial charge < -0.3 is 10.5 Å². The first-order valence-electron chi connectivity index (χ1n) is 6.31. The van der Waals surface area contributed by atoms with Crippen LogP contribution in [0.1, 0.15) is 23.9 Å². The Bertz CT molecular complexity index is 636. The molecule has 0 aliphatic heterocycles. The van der Waals surface area contributed by atoms with Gasteiger partial charge in [-0.25, -0.2) is 0 Å². The van der Waals surface area contributed by atoms with Crippen molar-refractivity contribution >= 4 is 17.4 Å². The third-order valence-corrected chi connectivity index (χ3v) is 3.48. The zero-order chi connectivity index (χ0) is 14.7.